The minimum absolute atomic E-state index is 0.0188. The number of halogens is 1. The zero-order valence-electron chi connectivity index (χ0n) is 15.0. The topological polar surface area (TPSA) is 67.7 Å². The maximum absolute atomic E-state index is 12.9. The van der Waals surface area contributed by atoms with Crippen LogP contribution in [0, 0.1) is 5.82 Å². The lowest BCUT2D eigenvalue weighted by molar-refractivity contribution is -0.872. The molecule has 2 aromatic carbocycles. The molecule has 0 fully saturated rings. The zero-order valence-corrected chi connectivity index (χ0v) is 15.8. The van der Waals surface area contributed by atoms with Crippen molar-refractivity contribution in [2.24, 2.45) is 0 Å². The van der Waals surface area contributed by atoms with Crippen LogP contribution in [0.3, 0.4) is 0 Å². The lowest BCUT2D eigenvalue weighted by atomic mass is 10.1. The van der Waals surface area contributed by atoms with E-state index in [1.165, 1.54) is 22.6 Å². The Balaban J connectivity index is 1.82. The summed E-state index contributed by atoms with van der Waals surface area (Å²) in [6.07, 6.45) is -0.137. The van der Waals surface area contributed by atoms with E-state index in [-0.39, 0.29) is 23.0 Å². The molecule has 2 rings (SSSR count). The van der Waals surface area contributed by atoms with E-state index >= 15 is 0 Å². The molecule has 0 saturated heterocycles. The first kappa shape index (κ1) is 20.1. The summed E-state index contributed by atoms with van der Waals surface area (Å²) in [4.78, 5) is 13.3. The number of amides is 1. The van der Waals surface area contributed by atoms with Crippen molar-refractivity contribution < 1.29 is 22.5 Å². The van der Waals surface area contributed by atoms with Crippen LogP contribution in [-0.4, -0.2) is 34.2 Å². The quantitative estimate of drug-likeness (QED) is 0.671. The number of carbonyl (C=O) groups is 1. The monoisotopic (exact) mass is 379 g/mol. The molecule has 2 aromatic rings. The summed E-state index contributed by atoms with van der Waals surface area (Å²) in [5.74, 6) is -1.15. The van der Waals surface area contributed by atoms with Crippen LogP contribution in [0.15, 0.2) is 53.4 Å². The third-order valence-corrected chi connectivity index (χ3v) is 5.57. The third kappa shape index (κ3) is 6.24. The van der Waals surface area contributed by atoms with Crippen molar-refractivity contribution in [3.8, 4) is 0 Å². The SMILES string of the molecule is C[NH+](C)Cc1ccc(CNC(=O)CCS(=O)(=O)c2ccc(F)cc2)cc1. The summed E-state index contributed by atoms with van der Waals surface area (Å²) in [6.45, 7) is 1.28. The van der Waals surface area contributed by atoms with Crippen molar-refractivity contribution in [3.05, 3.63) is 65.5 Å². The molecule has 26 heavy (non-hydrogen) atoms. The second-order valence-corrected chi connectivity index (χ2v) is 8.61. The van der Waals surface area contributed by atoms with Gasteiger partial charge >= 0.3 is 0 Å². The van der Waals surface area contributed by atoms with Crippen LogP contribution >= 0.6 is 0 Å². The van der Waals surface area contributed by atoms with E-state index in [2.05, 4.69) is 19.4 Å². The van der Waals surface area contributed by atoms with Crippen molar-refractivity contribution in [1.82, 2.24) is 5.32 Å². The molecular weight excluding hydrogens is 355 g/mol. The van der Waals surface area contributed by atoms with Gasteiger partial charge in [0.05, 0.1) is 24.7 Å². The lowest BCUT2D eigenvalue weighted by Crippen LogP contribution is -3.04. The molecule has 0 unspecified atom stereocenters. The summed E-state index contributed by atoms with van der Waals surface area (Å²) >= 11 is 0. The highest BCUT2D eigenvalue weighted by atomic mass is 32.2. The molecule has 0 aliphatic heterocycles. The molecule has 0 saturated carbocycles. The highest BCUT2D eigenvalue weighted by Gasteiger charge is 2.16. The average Bonchev–Trinajstić information content (AvgIpc) is 2.59. The van der Waals surface area contributed by atoms with Gasteiger partial charge in [-0.05, 0) is 29.8 Å². The summed E-state index contributed by atoms with van der Waals surface area (Å²) in [6, 6.07) is 12.5. The second kappa shape index (κ2) is 8.91. The second-order valence-electron chi connectivity index (χ2n) is 6.50. The fourth-order valence-electron chi connectivity index (χ4n) is 2.46. The smallest absolute Gasteiger partial charge is 0.221 e. The van der Waals surface area contributed by atoms with Crippen molar-refractivity contribution >= 4 is 15.7 Å². The molecule has 0 aliphatic rings. The highest BCUT2D eigenvalue weighted by molar-refractivity contribution is 7.91. The molecular formula is C19H24FN2O3S+. The van der Waals surface area contributed by atoms with Gasteiger partial charge in [-0.1, -0.05) is 24.3 Å². The molecule has 140 valence electrons. The van der Waals surface area contributed by atoms with Crippen LogP contribution in [0.1, 0.15) is 17.5 Å². The maximum atomic E-state index is 12.9. The van der Waals surface area contributed by atoms with E-state index in [1.807, 2.05) is 24.3 Å². The van der Waals surface area contributed by atoms with E-state index in [1.54, 1.807) is 0 Å². The summed E-state index contributed by atoms with van der Waals surface area (Å²) in [5.41, 5.74) is 2.17. The van der Waals surface area contributed by atoms with Crippen molar-refractivity contribution in [3.63, 3.8) is 0 Å². The van der Waals surface area contributed by atoms with Gasteiger partial charge in [0.15, 0.2) is 9.84 Å². The van der Waals surface area contributed by atoms with Crippen LogP contribution in [-0.2, 0) is 27.7 Å². The first-order chi connectivity index (χ1) is 12.3. The Bertz CT molecular complexity index is 832. The molecule has 0 radical (unpaired) electrons. The minimum Gasteiger partial charge on any atom is -0.352 e. The molecule has 0 bridgehead atoms. The molecule has 0 aliphatic carbocycles. The molecule has 2 N–H and O–H groups in total. The Morgan fingerprint density at radius 1 is 1.00 bits per heavy atom. The normalized spacial score (nSPS) is 11.5. The first-order valence-corrected chi connectivity index (χ1v) is 10.0. The third-order valence-electron chi connectivity index (χ3n) is 3.84. The maximum Gasteiger partial charge on any atom is 0.221 e. The molecule has 5 nitrogen and oxygen atoms in total. The standard InChI is InChI=1S/C19H23FN2O3S/c1-22(2)14-16-5-3-15(4-6-16)13-21-19(23)11-12-26(24,25)18-9-7-17(20)8-10-18/h3-10H,11-14H2,1-2H3,(H,21,23)/p+1. The Labute approximate surface area is 153 Å². The number of rotatable bonds is 8. The molecule has 0 aromatic heterocycles. The summed E-state index contributed by atoms with van der Waals surface area (Å²) in [7, 11) is 0.553. The number of sulfone groups is 1. The van der Waals surface area contributed by atoms with E-state index < -0.39 is 15.7 Å². The molecule has 0 heterocycles. The number of benzene rings is 2. The van der Waals surface area contributed by atoms with Gasteiger partial charge in [-0.25, -0.2) is 12.8 Å². The van der Waals surface area contributed by atoms with Crippen LogP contribution in [0.2, 0.25) is 0 Å². The van der Waals surface area contributed by atoms with Crippen LogP contribution in [0.5, 0.6) is 0 Å². The van der Waals surface area contributed by atoms with Crippen LogP contribution < -0.4 is 10.2 Å². The van der Waals surface area contributed by atoms with Crippen molar-refractivity contribution in [1.29, 1.82) is 0 Å². The lowest BCUT2D eigenvalue weighted by Gasteiger charge is -2.09. The van der Waals surface area contributed by atoms with Gasteiger partial charge < -0.3 is 10.2 Å². The fourth-order valence-corrected chi connectivity index (χ4v) is 3.70. The predicted molar refractivity (Wildman–Crippen MR) is 97.9 cm³/mol. The molecule has 1 amide bonds. The summed E-state index contributed by atoms with van der Waals surface area (Å²) < 4.78 is 37.2. The fraction of sp³-hybridized carbons (Fsp3) is 0.316. The number of quaternary nitrogens is 1. The summed E-state index contributed by atoms with van der Waals surface area (Å²) in [5, 5.41) is 2.72. The Kier molecular flexibility index (Phi) is 6.88. The van der Waals surface area contributed by atoms with Crippen molar-refractivity contribution in [2.75, 3.05) is 19.8 Å². The molecule has 0 spiro atoms. The Hall–Kier alpha value is -2.25. The van der Waals surface area contributed by atoms with Gasteiger partial charge in [0, 0.05) is 18.5 Å². The zero-order chi connectivity index (χ0) is 19.2. The van der Waals surface area contributed by atoms with Gasteiger partial charge in [0.1, 0.15) is 12.4 Å². The van der Waals surface area contributed by atoms with E-state index in [0.29, 0.717) is 6.54 Å². The van der Waals surface area contributed by atoms with E-state index in [0.717, 1.165) is 24.2 Å². The first-order valence-electron chi connectivity index (χ1n) is 8.38. The minimum atomic E-state index is -3.60. The van der Waals surface area contributed by atoms with E-state index in [9.17, 15) is 17.6 Å². The highest BCUT2D eigenvalue weighted by Crippen LogP contribution is 2.13. The Morgan fingerprint density at radius 3 is 2.15 bits per heavy atom. The average molecular weight is 379 g/mol. The number of hydrogen-bond donors (Lipinski definition) is 2. The van der Waals surface area contributed by atoms with Crippen LogP contribution in [0.25, 0.3) is 0 Å². The van der Waals surface area contributed by atoms with Gasteiger partial charge in [-0.2, -0.15) is 0 Å². The number of hydrogen-bond acceptors (Lipinski definition) is 3. The largest absolute Gasteiger partial charge is 0.352 e. The number of nitrogens with one attached hydrogen (secondary N) is 2. The molecule has 0 atom stereocenters. The molecule has 7 heteroatoms. The Morgan fingerprint density at radius 2 is 1.58 bits per heavy atom. The van der Waals surface area contributed by atoms with Gasteiger partial charge in [0.25, 0.3) is 0 Å². The number of carbonyl (C=O) groups excluding carboxylic acids is 1. The van der Waals surface area contributed by atoms with Gasteiger partial charge in [-0.3, -0.25) is 4.79 Å². The predicted octanol–water partition coefficient (Wildman–Crippen LogP) is 0.950. The van der Waals surface area contributed by atoms with Gasteiger partial charge in [-0.15, -0.1) is 0 Å². The van der Waals surface area contributed by atoms with Gasteiger partial charge in [0.2, 0.25) is 5.91 Å². The van der Waals surface area contributed by atoms with Crippen molar-refractivity contribution in [2.45, 2.75) is 24.4 Å². The van der Waals surface area contributed by atoms with Crippen LogP contribution in [0.4, 0.5) is 4.39 Å². The van der Waals surface area contributed by atoms with E-state index in [4.69, 9.17) is 0 Å².